The van der Waals surface area contributed by atoms with Gasteiger partial charge in [-0.3, -0.25) is 4.79 Å². The smallest absolute Gasteiger partial charge is 0.251 e. The van der Waals surface area contributed by atoms with Crippen molar-refractivity contribution < 1.29 is 14.3 Å². The standard InChI is InChI=1S/C19H21N3O3/c1-13-10-17(14(2)25-13)19(3,24)12-20-18(23)15-6-4-7-16(11-15)22-9-5-8-21-22/h4-11,24H,12H2,1-3H3,(H,20,23). The normalized spacial score (nSPS) is 13.4. The predicted octanol–water partition coefficient (Wildman–Crippen LogP) is 2.72. The Bertz CT molecular complexity index is 879. The number of aromatic nitrogens is 2. The van der Waals surface area contributed by atoms with Crippen LogP contribution in [-0.4, -0.2) is 27.3 Å². The van der Waals surface area contributed by atoms with E-state index in [4.69, 9.17) is 4.42 Å². The highest BCUT2D eigenvalue weighted by atomic mass is 16.3. The largest absolute Gasteiger partial charge is 0.466 e. The number of aliphatic hydroxyl groups is 1. The number of nitrogens with one attached hydrogen (secondary N) is 1. The Morgan fingerprint density at radius 1 is 1.32 bits per heavy atom. The molecule has 0 radical (unpaired) electrons. The van der Waals surface area contributed by atoms with Gasteiger partial charge in [0.25, 0.3) is 5.91 Å². The third-order valence-electron chi connectivity index (χ3n) is 4.09. The molecule has 1 aromatic carbocycles. The molecular formula is C19H21N3O3. The summed E-state index contributed by atoms with van der Waals surface area (Å²) in [6, 6.07) is 10.8. The van der Waals surface area contributed by atoms with Gasteiger partial charge >= 0.3 is 0 Å². The Labute approximate surface area is 146 Å². The van der Waals surface area contributed by atoms with Gasteiger partial charge in [0.2, 0.25) is 0 Å². The molecule has 2 aromatic heterocycles. The number of hydrogen-bond acceptors (Lipinski definition) is 4. The van der Waals surface area contributed by atoms with E-state index in [1.165, 1.54) is 0 Å². The number of carbonyl (C=O) groups is 1. The Balaban J connectivity index is 1.72. The fourth-order valence-corrected chi connectivity index (χ4v) is 2.83. The van der Waals surface area contributed by atoms with Crippen LogP contribution in [0.1, 0.15) is 34.4 Å². The summed E-state index contributed by atoms with van der Waals surface area (Å²) in [5, 5.41) is 17.6. The molecule has 0 bridgehead atoms. The van der Waals surface area contributed by atoms with Gasteiger partial charge in [0.1, 0.15) is 17.1 Å². The highest BCUT2D eigenvalue weighted by molar-refractivity contribution is 5.94. The summed E-state index contributed by atoms with van der Waals surface area (Å²) < 4.78 is 7.15. The van der Waals surface area contributed by atoms with Crippen LogP contribution in [0.2, 0.25) is 0 Å². The van der Waals surface area contributed by atoms with Gasteiger partial charge in [-0.15, -0.1) is 0 Å². The number of amides is 1. The van der Waals surface area contributed by atoms with Crippen molar-refractivity contribution in [2.75, 3.05) is 6.54 Å². The molecule has 1 atom stereocenters. The zero-order valence-electron chi connectivity index (χ0n) is 14.5. The Morgan fingerprint density at radius 3 is 2.76 bits per heavy atom. The van der Waals surface area contributed by atoms with E-state index in [9.17, 15) is 9.90 Å². The van der Waals surface area contributed by atoms with Gasteiger partial charge in [0.05, 0.1) is 12.2 Å². The fraction of sp³-hybridized carbons (Fsp3) is 0.263. The Hall–Kier alpha value is -2.86. The molecule has 3 aromatic rings. The molecule has 0 spiro atoms. The molecule has 0 aliphatic rings. The first-order chi connectivity index (χ1) is 11.9. The van der Waals surface area contributed by atoms with Crippen LogP contribution in [0.25, 0.3) is 5.69 Å². The maximum atomic E-state index is 12.5. The van der Waals surface area contributed by atoms with Crippen molar-refractivity contribution in [3.63, 3.8) is 0 Å². The van der Waals surface area contributed by atoms with E-state index in [0.717, 1.165) is 11.4 Å². The van der Waals surface area contributed by atoms with E-state index in [1.807, 2.05) is 25.3 Å². The molecule has 0 aliphatic heterocycles. The second-order valence-electron chi connectivity index (χ2n) is 6.28. The molecule has 6 nitrogen and oxygen atoms in total. The molecule has 1 unspecified atom stereocenters. The van der Waals surface area contributed by atoms with Gasteiger partial charge in [-0.1, -0.05) is 6.07 Å². The quantitative estimate of drug-likeness (QED) is 0.749. The molecule has 0 fully saturated rings. The zero-order valence-corrected chi connectivity index (χ0v) is 14.5. The Morgan fingerprint density at radius 2 is 2.12 bits per heavy atom. The van der Waals surface area contributed by atoms with Crippen LogP contribution >= 0.6 is 0 Å². The number of benzene rings is 1. The second-order valence-corrected chi connectivity index (χ2v) is 6.28. The maximum absolute atomic E-state index is 12.5. The summed E-state index contributed by atoms with van der Waals surface area (Å²) >= 11 is 0. The van der Waals surface area contributed by atoms with Crippen LogP contribution in [0.4, 0.5) is 0 Å². The molecule has 3 rings (SSSR count). The fourth-order valence-electron chi connectivity index (χ4n) is 2.83. The van der Waals surface area contributed by atoms with E-state index >= 15 is 0 Å². The first kappa shape index (κ1) is 17.0. The molecule has 0 saturated heterocycles. The highest BCUT2D eigenvalue weighted by Gasteiger charge is 2.28. The second kappa shape index (κ2) is 6.57. The van der Waals surface area contributed by atoms with Crippen LogP contribution in [-0.2, 0) is 5.60 Å². The molecule has 1 amide bonds. The monoisotopic (exact) mass is 339 g/mol. The van der Waals surface area contributed by atoms with Crippen molar-refractivity contribution in [3.8, 4) is 5.69 Å². The molecule has 2 N–H and O–H groups in total. The lowest BCUT2D eigenvalue weighted by atomic mass is 9.96. The first-order valence-electron chi connectivity index (χ1n) is 8.05. The van der Waals surface area contributed by atoms with Crippen LogP contribution < -0.4 is 5.32 Å². The minimum Gasteiger partial charge on any atom is -0.466 e. The van der Waals surface area contributed by atoms with Crippen molar-refractivity contribution in [2.45, 2.75) is 26.4 Å². The average Bonchev–Trinajstić information content (AvgIpc) is 3.22. The predicted molar refractivity (Wildman–Crippen MR) is 93.7 cm³/mol. The maximum Gasteiger partial charge on any atom is 0.251 e. The molecular weight excluding hydrogens is 318 g/mol. The number of carbonyl (C=O) groups excluding carboxylic acids is 1. The lowest BCUT2D eigenvalue weighted by Crippen LogP contribution is -2.38. The van der Waals surface area contributed by atoms with Gasteiger partial charge < -0.3 is 14.8 Å². The molecule has 25 heavy (non-hydrogen) atoms. The van der Waals surface area contributed by atoms with Gasteiger partial charge in [-0.2, -0.15) is 5.10 Å². The zero-order chi connectivity index (χ0) is 18.0. The van der Waals surface area contributed by atoms with Crippen molar-refractivity contribution in [1.82, 2.24) is 15.1 Å². The molecule has 0 aliphatic carbocycles. The van der Waals surface area contributed by atoms with Crippen LogP contribution in [0.3, 0.4) is 0 Å². The van der Waals surface area contributed by atoms with E-state index in [2.05, 4.69) is 10.4 Å². The summed E-state index contributed by atoms with van der Waals surface area (Å²) in [6.07, 6.45) is 3.49. The van der Waals surface area contributed by atoms with Gasteiger partial charge in [0.15, 0.2) is 0 Å². The number of nitrogens with zero attached hydrogens (tertiary/aromatic N) is 2. The first-order valence-corrected chi connectivity index (χ1v) is 8.05. The summed E-state index contributed by atoms with van der Waals surface area (Å²) in [6.45, 7) is 5.36. The topological polar surface area (TPSA) is 80.3 Å². The van der Waals surface area contributed by atoms with Crippen molar-refractivity contribution in [1.29, 1.82) is 0 Å². The van der Waals surface area contributed by atoms with Crippen LogP contribution in [0, 0.1) is 13.8 Å². The third kappa shape index (κ3) is 3.64. The molecule has 6 heteroatoms. The number of furan rings is 1. The highest BCUT2D eigenvalue weighted by Crippen LogP contribution is 2.26. The molecule has 0 saturated carbocycles. The van der Waals surface area contributed by atoms with E-state index in [1.54, 1.807) is 49.0 Å². The van der Waals surface area contributed by atoms with Gasteiger partial charge in [-0.05, 0) is 51.1 Å². The number of aryl methyl sites for hydroxylation is 2. The van der Waals surface area contributed by atoms with Crippen molar-refractivity contribution in [2.24, 2.45) is 0 Å². The SMILES string of the molecule is Cc1cc(C(C)(O)CNC(=O)c2cccc(-n3cccn3)c2)c(C)o1. The van der Waals surface area contributed by atoms with Crippen LogP contribution in [0.15, 0.2) is 53.2 Å². The van der Waals surface area contributed by atoms with Crippen molar-refractivity contribution in [3.05, 3.63) is 71.4 Å². The van der Waals surface area contributed by atoms with E-state index in [-0.39, 0.29) is 12.5 Å². The lowest BCUT2D eigenvalue weighted by Gasteiger charge is -2.23. The summed E-state index contributed by atoms with van der Waals surface area (Å²) in [5.74, 6) is 1.12. The molecule has 130 valence electrons. The van der Waals surface area contributed by atoms with E-state index in [0.29, 0.717) is 16.9 Å². The average molecular weight is 339 g/mol. The van der Waals surface area contributed by atoms with E-state index < -0.39 is 5.60 Å². The molecule has 2 heterocycles. The minimum absolute atomic E-state index is 0.0810. The third-order valence-corrected chi connectivity index (χ3v) is 4.09. The van der Waals surface area contributed by atoms with Gasteiger partial charge in [-0.25, -0.2) is 4.68 Å². The van der Waals surface area contributed by atoms with Crippen molar-refractivity contribution >= 4 is 5.91 Å². The summed E-state index contributed by atoms with van der Waals surface area (Å²) in [7, 11) is 0. The Kier molecular flexibility index (Phi) is 4.46. The number of rotatable bonds is 5. The number of hydrogen-bond donors (Lipinski definition) is 2. The minimum atomic E-state index is -1.21. The van der Waals surface area contributed by atoms with Gasteiger partial charge in [0, 0.05) is 23.5 Å². The van der Waals surface area contributed by atoms with Crippen LogP contribution in [0.5, 0.6) is 0 Å². The lowest BCUT2D eigenvalue weighted by molar-refractivity contribution is 0.0514. The summed E-state index contributed by atoms with van der Waals surface area (Å²) in [4.78, 5) is 12.5. The summed E-state index contributed by atoms with van der Waals surface area (Å²) in [5.41, 5.74) is 0.766.